The number of benzene rings is 2. The van der Waals surface area contributed by atoms with Gasteiger partial charge in [-0.05, 0) is 105 Å². The first-order valence-electron chi connectivity index (χ1n) is 20.6. The number of methoxy groups -OCH3 is 1. The zero-order chi connectivity index (χ0) is 39.4. The predicted octanol–water partition coefficient (Wildman–Crippen LogP) is 5.12. The van der Waals surface area contributed by atoms with Gasteiger partial charge in [-0.3, -0.25) is 19.4 Å². The zero-order valence-electron chi connectivity index (χ0n) is 33.3. The molecule has 1 N–H and O–H groups in total. The lowest BCUT2D eigenvalue weighted by atomic mass is 9.63. The van der Waals surface area contributed by atoms with Crippen LogP contribution < -0.4 is 14.4 Å². The van der Waals surface area contributed by atoms with Gasteiger partial charge in [-0.1, -0.05) is 36.7 Å². The van der Waals surface area contributed by atoms with Crippen molar-refractivity contribution in [1.82, 2.24) is 19.4 Å². The van der Waals surface area contributed by atoms with Crippen LogP contribution in [0.3, 0.4) is 0 Å². The molecule has 2 bridgehead atoms. The van der Waals surface area contributed by atoms with E-state index in [1.165, 1.54) is 11.1 Å². The van der Waals surface area contributed by atoms with Crippen molar-refractivity contribution >= 4 is 39.1 Å². The molecule has 2 aromatic carbocycles. The second kappa shape index (κ2) is 15.5. The van der Waals surface area contributed by atoms with Crippen molar-refractivity contribution < 1.29 is 27.5 Å². The van der Waals surface area contributed by atoms with Crippen molar-refractivity contribution in [2.45, 2.75) is 81.6 Å². The number of carbonyl (C=O) groups is 2. The average molecular weight is 808 g/mol. The highest BCUT2D eigenvalue weighted by atomic mass is 35.5. The lowest BCUT2D eigenvalue weighted by Gasteiger charge is -2.53. The maximum atomic E-state index is 13.7. The number of amides is 2. The number of carbonyl (C=O) groups excluding carboxylic acids is 2. The Labute approximate surface area is 337 Å². The van der Waals surface area contributed by atoms with Gasteiger partial charge in [0.1, 0.15) is 11.4 Å². The summed E-state index contributed by atoms with van der Waals surface area (Å²) in [5.74, 6) is 0.452. The number of sulfonamides is 1. The minimum absolute atomic E-state index is 0.132. The monoisotopic (exact) mass is 807 g/mol. The van der Waals surface area contributed by atoms with Crippen LogP contribution in [-0.4, -0.2) is 124 Å². The minimum atomic E-state index is -3.99. The second-order valence-corrected chi connectivity index (χ2v) is 20.1. The molecule has 0 radical (unpaired) electrons. The van der Waals surface area contributed by atoms with E-state index in [0.717, 1.165) is 88.6 Å². The summed E-state index contributed by atoms with van der Waals surface area (Å²) < 4.78 is 43.2. The van der Waals surface area contributed by atoms with Crippen LogP contribution in [0.5, 0.6) is 5.75 Å². The third-order valence-corrected chi connectivity index (χ3v) is 16.5. The number of piperazine rings is 2. The summed E-state index contributed by atoms with van der Waals surface area (Å²) in [6, 6.07) is 11.9. The Balaban J connectivity index is 1.17. The number of hydrogen-bond donors (Lipinski definition) is 1. The van der Waals surface area contributed by atoms with Gasteiger partial charge in [0.25, 0.3) is 5.91 Å². The van der Waals surface area contributed by atoms with Crippen LogP contribution in [0.15, 0.2) is 48.6 Å². The second-order valence-electron chi connectivity index (χ2n) is 17.6. The minimum Gasteiger partial charge on any atom is -0.490 e. The molecule has 0 unspecified atom stereocenters. The van der Waals surface area contributed by atoms with Gasteiger partial charge in [-0.25, -0.2) is 13.1 Å². The lowest BCUT2D eigenvalue weighted by Crippen LogP contribution is -2.65. The summed E-state index contributed by atoms with van der Waals surface area (Å²) in [4.78, 5) is 35.5. The molecule has 13 heteroatoms. The number of hydrogen-bond acceptors (Lipinski definition) is 9. The summed E-state index contributed by atoms with van der Waals surface area (Å²) in [6.07, 6.45) is 9.89. The number of halogens is 1. The largest absolute Gasteiger partial charge is 0.490 e. The van der Waals surface area contributed by atoms with Crippen molar-refractivity contribution in [3.63, 3.8) is 0 Å². The molecule has 2 saturated heterocycles. The van der Waals surface area contributed by atoms with Gasteiger partial charge in [-0.2, -0.15) is 0 Å². The number of nitrogens with zero attached hydrogens (tertiary/aromatic N) is 4. The van der Waals surface area contributed by atoms with E-state index in [1.54, 1.807) is 19.9 Å². The molecule has 0 aromatic heterocycles. The molecule has 2 amide bonds. The highest BCUT2D eigenvalue weighted by Gasteiger charge is 2.50. The molecule has 2 aliphatic carbocycles. The standard InChI is InChI=1S/C43H58ClN5O6S/c1-29-7-5-16-43(54-4,27-46-17-18-47-19-20-48(31(3)50)25-36(47)24-46)38-12-9-34(38)23-49-26-42(15-6-8-32-21-35(44)11-13-37(32)42)28-55-40-14-10-33(22-39(40)49)41(51)45-56(52,53)30(29)2/h5,10-11,13-14,16,21-22,29-30,34,36,38H,6-9,12,15,17-20,23-28H2,1-4H3,(H,45,51)/b16-5+/t29-,30+,34-,36-,38+,42-,43+/m0/s1. The van der Waals surface area contributed by atoms with Crippen molar-refractivity contribution in [2.24, 2.45) is 17.8 Å². The first-order valence-corrected chi connectivity index (χ1v) is 22.5. The Morgan fingerprint density at radius 1 is 1.05 bits per heavy atom. The fourth-order valence-corrected chi connectivity index (χ4v) is 12.1. The fraction of sp³-hybridized carbons (Fsp3) is 0.628. The van der Waals surface area contributed by atoms with Gasteiger partial charge >= 0.3 is 0 Å². The third-order valence-electron chi connectivity index (χ3n) is 14.3. The summed E-state index contributed by atoms with van der Waals surface area (Å²) in [5, 5.41) is -0.0679. The molecule has 4 aliphatic heterocycles. The highest BCUT2D eigenvalue weighted by molar-refractivity contribution is 7.90. The Kier molecular flexibility index (Phi) is 11.0. The molecule has 3 fully saturated rings. The molecule has 56 heavy (non-hydrogen) atoms. The lowest BCUT2D eigenvalue weighted by molar-refractivity contribution is -0.134. The van der Waals surface area contributed by atoms with E-state index in [2.05, 4.69) is 43.7 Å². The first-order chi connectivity index (χ1) is 26.8. The van der Waals surface area contributed by atoms with Crippen molar-refractivity contribution in [3.05, 3.63) is 70.3 Å². The molecule has 4 heterocycles. The van der Waals surface area contributed by atoms with Crippen LogP contribution in [0, 0.1) is 17.8 Å². The number of nitrogens with one attached hydrogen (secondary N) is 1. The molecular weight excluding hydrogens is 750 g/mol. The Hall–Kier alpha value is -3.16. The van der Waals surface area contributed by atoms with E-state index in [4.69, 9.17) is 21.1 Å². The van der Waals surface area contributed by atoms with Gasteiger partial charge in [0, 0.05) is 95.0 Å². The predicted molar refractivity (Wildman–Crippen MR) is 219 cm³/mol. The van der Waals surface area contributed by atoms with Crippen LogP contribution in [0.25, 0.3) is 0 Å². The van der Waals surface area contributed by atoms with E-state index >= 15 is 0 Å². The summed E-state index contributed by atoms with van der Waals surface area (Å²) in [6.45, 7) is 13.1. The molecule has 304 valence electrons. The number of allylic oxidation sites excluding steroid dienone is 1. The van der Waals surface area contributed by atoms with Crippen molar-refractivity contribution in [2.75, 3.05) is 77.5 Å². The third kappa shape index (κ3) is 7.49. The molecule has 6 aliphatic rings. The van der Waals surface area contributed by atoms with Crippen molar-refractivity contribution in [1.29, 1.82) is 0 Å². The summed E-state index contributed by atoms with van der Waals surface area (Å²) >= 11 is 6.52. The van der Waals surface area contributed by atoms with Gasteiger partial charge in [0.15, 0.2) is 0 Å². The van der Waals surface area contributed by atoms with E-state index in [9.17, 15) is 18.0 Å². The molecule has 1 spiro atoms. The number of aryl methyl sites for hydroxylation is 1. The highest BCUT2D eigenvalue weighted by Crippen LogP contribution is 2.49. The van der Waals surface area contributed by atoms with E-state index in [1.807, 2.05) is 37.1 Å². The maximum Gasteiger partial charge on any atom is 0.264 e. The molecule has 11 nitrogen and oxygen atoms in total. The van der Waals surface area contributed by atoms with Crippen LogP contribution in [0.1, 0.15) is 74.4 Å². The Bertz CT molecular complexity index is 1980. The quantitative estimate of drug-likeness (QED) is 0.423. The van der Waals surface area contributed by atoms with Crippen LogP contribution >= 0.6 is 11.6 Å². The van der Waals surface area contributed by atoms with E-state index in [-0.39, 0.29) is 29.2 Å². The van der Waals surface area contributed by atoms with Crippen LogP contribution in [0.2, 0.25) is 5.02 Å². The topological polar surface area (TPSA) is 112 Å². The zero-order valence-corrected chi connectivity index (χ0v) is 34.9. The van der Waals surface area contributed by atoms with Gasteiger partial charge in [0.2, 0.25) is 15.9 Å². The van der Waals surface area contributed by atoms with Gasteiger partial charge in [0.05, 0.1) is 17.5 Å². The normalized spacial score (nSPS) is 34.2. The smallest absolute Gasteiger partial charge is 0.264 e. The molecule has 7 atom stereocenters. The Morgan fingerprint density at radius 2 is 1.88 bits per heavy atom. The van der Waals surface area contributed by atoms with Crippen LogP contribution in [-0.2, 0) is 31.4 Å². The van der Waals surface area contributed by atoms with Crippen LogP contribution in [0.4, 0.5) is 5.69 Å². The molecule has 8 rings (SSSR count). The van der Waals surface area contributed by atoms with Gasteiger partial charge < -0.3 is 19.3 Å². The average Bonchev–Trinajstić information content (AvgIpc) is 3.31. The summed E-state index contributed by atoms with van der Waals surface area (Å²) in [5.41, 5.74) is 2.74. The van der Waals surface area contributed by atoms with E-state index in [0.29, 0.717) is 43.3 Å². The number of fused-ring (bicyclic) bond motifs is 5. The number of rotatable bonds is 3. The van der Waals surface area contributed by atoms with Crippen molar-refractivity contribution in [3.8, 4) is 5.75 Å². The number of anilines is 1. The molecular formula is C43H58ClN5O6S. The molecule has 2 aromatic rings. The summed E-state index contributed by atoms with van der Waals surface area (Å²) in [7, 11) is -2.15. The maximum absolute atomic E-state index is 13.7. The fourth-order valence-electron chi connectivity index (χ4n) is 10.6. The van der Waals surface area contributed by atoms with Gasteiger partial charge in [-0.15, -0.1) is 0 Å². The Morgan fingerprint density at radius 3 is 2.64 bits per heavy atom. The van der Waals surface area contributed by atoms with E-state index < -0.39 is 26.8 Å². The molecule has 1 saturated carbocycles. The number of ether oxygens (including phenoxy) is 2. The SMILES string of the molecule is CO[C@@]1(CN2CCN3CCN(C(C)=O)C[C@@H]3C2)/C=C/C[C@H](C)[C@@H](C)S(=O)(=O)NC(=O)c2ccc3c(c2)N(C[C@@H]2CC[C@H]21)C[C@@]1(CCCc2cc(Cl)ccc21)CO3. The first kappa shape index (κ1) is 39.7.